The fourth-order valence-electron chi connectivity index (χ4n) is 2.26. The fourth-order valence-corrected chi connectivity index (χ4v) is 2.26. The molecule has 1 amide bonds. The van der Waals surface area contributed by atoms with Crippen molar-refractivity contribution in [1.82, 2.24) is 5.32 Å². The molecule has 0 aromatic rings. The van der Waals surface area contributed by atoms with Crippen molar-refractivity contribution < 1.29 is 4.79 Å². The minimum absolute atomic E-state index is 0.0107. The number of hydrogen-bond acceptors (Lipinski definition) is 2. The first-order valence-electron chi connectivity index (χ1n) is 6.90. The molecular weight excluding hydrogens is 212 g/mol. The third-order valence-corrected chi connectivity index (χ3v) is 3.35. The van der Waals surface area contributed by atoms with Crippen LogP contribution >= 0.6 is 0 Å². The van der Waals surface area contributed by atoms with Gasteiger partial charge in [0.2, 0.25) is 5.91 Å². The van der Waals surface area contributed by atoms with E-state index < -0.39 is 0 Å². The molecule has 0 bridgehead atoms. The molecule has 0 radical (unpaired) electrons. The fraction of sp³-hybridized carbons (Fsp3) is 0.929. The predicted octanol–water partition coefficient (Wildman–Crippen LogP) is 2.55. The lowest BCUT2D eigenvalue weighted by Gasteiger charge is -2.25. The molecule has 0 heterocycles. The highest BCUT2D eigenvalue weighted by Gasteiger charge is 2.18. The summed E-state index contributed by atoms with van der Waals surface area (Å²) in [5.41, 5.74) is 5.85. The van der Waals surface area contributed by atoms with Crippen LogP contribution in [0.25, 0.3) is 0 Å². The Kier molecular flexibility index (Phi) is 8.23. The molecule has 0 aliphatic carbocycles. The van der Waals surface area contributed by atoms with Crippen molar-refractivity contribution in [1.29, 1.82) is 0 Å². The van der Waals surface area contributed by atoms with E-state index >= 15 is 0 Å². The van der Waals surface area contributed by atoms with Gasteiger partial charge in [0.05, 0.1) is 0 Å². The number of rotatable bonds is 8. The molecule has 0 spiro atoms. The number of hydrogen-bond donors (Lipinski definition) is 2. The summed E-state index contributed by atoms with van der Waals surface area (Å²) in [7, 11) is 0. The van der Waals surface area contributed by atoms with Gasteiger partial charge in [0.15, 0.2) is 0 Å². The van der Waals surface area contributed by atoms with Crippen LogP contribution < -0.4 is 11.1 Å². The van der Waals surface area contributed by atoms with E-state index in [4.69, 9.17) is 5.73 Å². The summed E-state index contributed by atoms with van der Waals surface area (Å²) in [5, 5.41) is 3.02. The predicted molar refractivity (Wildman–Crippen MR) is 73.7 cm³/mol. The molecule has 0 aliphatic heterocycles. The second-order valence-corrected chi connectivity index (χ2v) is 5.71. The van der Waals surface area contributed by atoms with Crippen LogP contribution in [0.2, 0.25) is 0 Å². The monoisotopic (exact) mass is 242 g/mol. The highest BCUT2D eigenvalue weighted by atomic mass is 16.1. The summed E-state index contributed by atoms with van der Waals surface area (Å²) >= 11 is 0. The quantitative estimate of drug-likeness (QED) is 0.687. The first-order valence-corrected chi connectivity index (χ1v) is 6.90. The second-order valence-electron chi connectivity index (χ2n) is 5.71. The maximum absolute atomic E-state index is 11.7. The molecule has 0 saturated heterocycles. The van der Waals surface area contributed by atoms with Gasteiger partial charge in [0.1, 0.15) is 0 Å². The van der Waals surface area contributed by atoms with Crippen molar-refractivity contribution in [2.24, 2.45) is 23.5 Å². The van der Waals surface area contributed by atoms with E-state index in [2.05, 4.69) is 39.9 Å². The molecule has 0 saturated carbocycles. The van der Waals surface area contributed by atoms with Crippen molar-refractivity contribution in [3.05, 3.63) is 0 Å². The Labute approximate surface area is 107 Å². The zero-order valence-electron chi connectivity index (χ0n) is 12.1. The number of carbonyl (C=O) groups is 1. The van der Waals surface area contributed by atoms with Gasteiger partial charge in [-0.3, -0.25) is 4.79 Å². The molecule has 3 heteroatoms. The normalized spacial score (nSPS) is 13.5. The van der Waals surface area contributed by atoms with Gasteiger partial charge in [0.25, 0.3) is 0 Å². The Balaban J connectivity index is 3.96. The summed E-state index contributed by atoms with van der Waals surface area (Å²) in [4.78, 5) is 11.7. The zero-order chi connectivity index (χ0) is 13.4. The topological polar surface area (TPSA) is 55.1 Å². The first kappa shape index (κ1) is 16.4. The van der Waals surface area contributed by atoms with Gasteiger partial charge >= 0.3 is 0 Å². The third kappa shape index (κ3) is 7.37. The van der Waals surface area contributed by atoms with Gasteiger partial charge < -0.3 is 11.1 Å². The van der Waals surface area contributed by atoms with Crippen LogP contribution in [-0.4, -0.2) is 18.5 Å². The van der Waals surface area contributed by atoms with Gasteiger partial charge in [-0.15, -0.1) is 0 Å². The third-order valence-electron chi connectivity index (χ3n) is 3.35. The van der Waals surface area contributed by atoms with Crippen LogP contribution in [0.1, 0.15) is 53.9 Å². The molecular formula is C14H30N2O. The molecule has 1 atom stereocenters. The Morgan fingerprint density at radius 2 is 1.71 bits per heavy atom. The lowest BCUT2D eigenvalue weighted by atomic mass is 9.85. The number of carbonyl (C=O) groups excluding carboxylic acids is 1. The minimum Gasteiger partial charge on any atom is -0.356 e. The van der Waals surface area contributed by atoms with E-state index in [0.717, 1.165) is 19.4 Å². The Morgan fingerprint density at radius 1 is 1.18 bits per heavy atom. The summed E-state index contributed by atoms with van der Waals surface area (Å²) < 4.78 is 0. The highest BCUT2D eigenvalue weighted by molar-refractivity contribution is 5.76. The lowest BCUT2D eigenvalue weighted by Crippen LogP contribution is -2.37. The van der Waals surface area contributed by atoms with Crippen molar-refractivity contribution in [3.63, 3.8) is 0 Å². The summed E-state index contributed by atoms with van der Waals surface area (Å²) in [6.45, 7) is 11.7. The van der Waals surface area contributed by atoms with Gasteiger partial charge in [-0.1, -0.05) is 41.0 Å². The average molecular weight is 242 g/mol. The molecule has 0 aromatic carbocycles. The molecule has 0 aliphatic rings. The van der Waals surface area contributed by atoms with Gasteiger partial charge in [0, 0.05) is 19.0 Å². The van der Waals surface area contributed by atoms with E-state index in [-0.39, 0.29) is 11.9 Å². The van der Waals surface area contributed by atoms with E-state index in [0.29, 0.717) is 24.2 Å². The summed E-state index contributed by atoms with van der Waals surface area (Å²) in [6, 6.07) is 0.0107. The van der Waals surface area contributed by atoms with Gasteiger partial charge in [-0.05, 0) is 24.2 Å². The van der Waals surface area contributed by atoms with E-state index in [9.17, 15) is 4.79 Å². The Morgan fingerprint density at radius 3 is 2.12 bits per heavy atom. The van der Waals surface area contributed by atoms with E-state index in [1.54, 1.807) is 0 Å². The zero-order valence-corrected chi connectivity index (χ0v) is 12.1. The standard InChI is InChI=1S/C14H30N2O/c1-6-7-12(15)8-14(17)16-9-13(10(2)3)11(4)5/h10-13H,6-9,15H2,1-5H3,(H,16,17). The van der Waals surface area contributed by atoms with Crippen LogP contribution in [0.5, 0.6) is 0 Å². The smallest absolute Gasteiger partial charge is 0.221 e. The van der Waals surface area contributed by atoms with Crippen molar-refractivity contribution in [3.8, 4) is 0 Å². The van der Waals surface area contributed by atoms with E-state index in [1.165, 1.54) is 0 Å². The summed E-state index contributed by atoms with van der Waals surface area (Å²) in [6.07, 6.45) is 2.41. The molecule has 3 nitrogen and oxygen atoms in total. The molecule has 0 aromatic heterocycles. The van der Waals surface area contributed by atoms with Crippen molar-refractivity contribution in [2.45, 2.75) is 59.9 Å². The van der Waals surface area contributed by atoms with Gasteiger partial charge in [-0.2, -0.15) is 0 Å². The first-order chi connectivity index (χ1) is 7.88. The van der Waals surface area contributed by atoms with Gasteiger partial charge in [-0.25, -0.2) is 0 Å². The molecule has 0 rings (SSSR count). The number of nitrogens with two attached hydrogens (primary N) is 1. The largest absolute Gasteiger partial charge is 0.356 e. The van der Waals surface area contributed by atoms with Crippen molar-refractivity contribution >= 4 is 5.91 Å². The Bertz CT molecular complexity index is 206. The van der Waals surface area contributed by atoms with Crippen LogP contribution in [0, 0.1) is 17.8 Å². The minimum atomic E-state index is 0.0107. The van der Waals surface area contributed by atoms with Crippen LogP contribution in [0.3, 0.4) is 0 Å². The number of nitrogens with one attached hydrogen (secondary N) is 1. The van der Waals surface area contributed by atoms with Crippen LogP contribution in [-0.2, 0) is 4.79 Å². The second kappa shape index (κ2) is 8.51. The molecule has 1 unspecified atom stereocenters. The van der Waals surface area contributed by atoms with Crippen LogP contribution in [0.15, 0.2) is 0 Å². The van der Waals surface area contributed by atoms with E-state index in [1.807, 2.05) is 0 Å². The van der Waals surface area contributed by atoms with Crippen molar-refractivity contribution in [2.75, 3.05) is 6.54 Å². The lowest BCUT2D eigenvalue weighted by molar-refractivity contribution is -0.121. The maximum Gasteiger partial charge on any atom is 0.221 e. The molecule has 0 fully saturated rings. The average Bonchev–Trinajstić information content (AvgIpc) is 2.16. The summed E-state index contributed by atoms with van der Waals surface area (Å²) in [5.74, 6) is 1.83. The number of amides is 1. The Hall–Kier alpha value is -0.570. The molecule has 3 N–H and O–H groups in total. The SMILES string of the molecule is CCCC(N)CC(=O)NCC(C(C)C)C(C)C. The molecule has 17 heavy (non-hydrogen) atoms. The highest BCUT2D eigenvalue weighted by Crippen LogP contribution is 2.19. The maximum atomic E-state index is 11.7. The molecule has 102 valence electrons. The van der Waals surface area contributed by atoms with Crippen LogP contribution in [0.4, 0.5) is 0 Å².